The Kier molecular flexibility index (Phi) is 17.2. The van der Waals surface area contributed by atoms with Crippen LogP contribution in [-0.4, -0.2) is 52.9 Å². The molecule has 74 heavy (non-hydrogen) atoms. The molecule has 0 atom stereocenters. The summed E-state index contributed by atoms with van der Waals surface area (Å²) in [6.07, 6.45) is 13.9. The standard InChI is InChI=1S/C68H76N2O4/c1-3-67(49-73-50-67)47-71-45-15-7-5-9-19-53-29-37-59(38-30-53)69(65-27-17-23-57-21-11-13-25-63(57)65)61-41-33-55(34-42-61)56-35-43-62(44-36-56)70(66-28-18-24-58-22-12-14-26-64(58)66)60-39-31-54(32-40-60)20-10-6-8-16-46-72-48-68(4-2)51-74-52-68/h11-14,17-18,21-44H,3-10,15-16,19-20,45-52H2,1-2H3. The van der Waals surface area contributed by atoms with Crippen LogP contribution in [0.25, 0.3) is 32.7 Å². The van der Waals surface area contributed by atoms with Crippen LogP contribution < -0.4 is 9.80 Å². The van der Waals surface area contributed by atoms with Gasteiger partial charge < -0.3 is 28.7 Å². The minimum atomic E-state index is 0.270. The van der Waals surface area contributed by atoms with Gasteiger partial charge in [0, 0.05) is 57.6 Å². The maximum Gasteiger partial charge on any atom is 0.0566 e. The molecule has 0 bridgehead atoms. The van der Waals surface area contributed by atoms with Gasteiger partial charge in [0.05, 0.1) is 51.0 Å². The fraction of sp³-hybridized carbons (Fsp3) is 0.353. The number of fused-ring (bicyclic) bond motifs is 2. The van der Waals surface area contributed by atoms with Gasteiger partial charge in [0.1, 0.15) is 0 Å². The van der Waals surface area contributed by atoms with Gasteiger partial charge in [-0.3, -0.25) is 0 Å². The number of benzene rings is 8. The normalized spacial score (nSPS) is 14.7. The molecule has 8 aromatic rings. The van der Waals surface area contributed by atoms with Gasteiger partial charge >= 0.3 is 0 Å². The van der Waals surface area contributed by atoms with Crippen molar-refractivity contribution in [1.82, 2.24) is 0 Å². The van der Waals surface area contributed by atoms with Crippen molar-refractivity contribution in [1.29, 1.82) is 0 Å². The molecule has 10 rings (SSSR count). The zero-order valence-electron chi connectivity index (χ0n) is 44.0. The number of nitrogens with zero attached hydrogens (tertiary/aromatic N) is 2. The molecule has 8 aromatic carbocycles. The highest BCUT2D eigenvalue weighted by Crippen LogP contribution is 2.42. The quantitative estimate of drug-likeness (QED) is 0.0478. The molecular weight excluding hydrogens is 909 g/mol. The van der Waals surface area contributed by atoms with Gasteiger partial charge in [-0.1, -0.05) is 161 Å². The number of hydrogen-bond donors (Lipinski definition) is 0. The predicted molar refractivity (Wildman–Crippen MR) is 309 cm³/mol. The van der Waals surface area contributed by atoms with Gasteiger partial charge in [-0.15, -0.1) is 0 Å². The first-order valence-corrected chi connectivity index (χ1v) is 27.8. The van der Waals surface area contributed by atoms with E-state index < -0.39 is 0 Å². The summed E-state index contributed by atoms with van der Waals surface area (Å²) >= 11 is 0. The minimum absolute atomic E-state index is 0.270. The zero-order chi connectivity index (χ0) is 50.4. The van der Waals surface area contributed by atoms with E-state index >= 15 is 0 Å². The summed E-state index contributed by atoms with van der Waals surface area (Å²) in [6.45, 7) is 11.3. The molecule has 0 aromatic heterocycles. The van der Waals surface area contributed by atoms with E-state index in [2.05, 4.69) is 206 Å². The van der Waals surface area contributed by atoms with Crippen molar-refractivity contribution in [2.75, 3.05) is 62.7 Å². The van der Waals surface area contributed by atoms with Crippen molar-refractivity contribution in [2.45, 2.75) is 90.9 Å². The number of rotatable bonds is 27. The molecule has 0 unspecified atom stereocenters. The summed E-state index contributed by atoms with van der Waals surface area (Å²) in [4.78, 5) is 4.83. The van der Waals surface area contributed by atoms with Crippen molar-refractivity contribution < 1.29 is 18.9 Å². The van der Waals surface area contributed by atoms with Crippen LogP contribution in [0.15, 0.2) is 182 Å². The first-order chi connectivity index (χ1) is 36.5. The molecule has 2 fully saturated rings. The van der Waals surface area contributed by atoms with E-state index in [1.54, 1.807) is 0 Å². The van der Waals surface area contributed by atoms with Gasteiger partial charge in [-0.05, 0) is 145 Å². The highest BCUT2D eigenvalue weighted by atomic mass is 16.5. The van der Waals surface area contributed by atoms with Crippen LogP contribution in [0.5, 0.6) is 0 Å². The number of anilines is 6. The maximum atomic E-state index is 6.05. The van der Waals surface area contributed by atoms with Crippen molar-refractivity contribution in [3.05, 3.63) is 193 Å². The Morgan fingerprint density at radius 1 is 0.378 bits per heavy atom. The lowest BCUT2D eigenvalue weighted by Gasteiger charge is -2.40. The van der Waals surface area contributed by atoms with Gasteiger partial charge in [0.2, 0.25) is 0 Å². The molecule has 0 saturated carbocycles. The average Bonchev–Trinajstić information content (AvgIpc) is 3.43. The summed E-state index contributed by atoms with van der Waals surface area (Å²) in [5, 5.41) is 4.92. The summed E-state index contributed by atoms with van der Waals surface area (Å²) in [7, 11) is 0. The van der Waals surface area contributed by atoms with E-state index in [0.717, 1.165) is 114 Å². The van der Waals surface area contributed by atoms with Gasteiger partial charge in [-0.25, -0.2) is 0 Å². The third-order valence-electron chi connectivity index (χ3n) is 15.9. The molecule has 2 saturated heterocycles. The Morgan fingerprint density at radius 2 is 0.730 bits per heavy atom. The lowest BCUT2D eigenvalue weighted by Crippen LogP contribution is -2.45. The van der Waals surface area contributed by atoms with Crippen LogP contribution in [0, 0.1) is 10.8 Å². The topological polar surface area (TPSA) is 43.4 Å². The Hall–Kier alpha value is -6.28. The number of unbranched alkanes of at least 4 members (excludes halogenated alkanes) is 6. The van der Waals surface area contributed by atoms with Crippen molar-refractivity contribution in [3.63, 3.8) is 0 Å². The molecule has 0 radical (unpaired) electrons. The van der Waals surface area contributed by atoms with E-state index in [-0.39, 0.29) is 10.8 Å². The molecule has 2 heterocycles. The monoisotopic (exact) mass is 985 g/mol. The molecule has 6 nitrogen and oxygen atoms in total. The highest BCUT2D eigenvalue weighted by Gasteiger charge is 2.37. The van der Waals surface area contributed by atoms with Crippen LogP contribution in [0.4, 0.5) is 34.1 Å². The minimum Gasteiger partial charge on any atom is -0.381 e. The first-order valence-electron chi connectivity index (χ1n) is 27.8. The van der Waals surface area contributed by atoms with E-state index in [9.17, 15) is 0 Å². The zero-order valence-corrected chi connectivity index (χ0v) is 44.0. The van der Waals surface area contributed by atoms with Crippen LogP contribution in [0.3, 0.4) is 0 Å². The smallest absolute Gasteiger partial charge is 0.0566 e. The lowest BCUT2D eigenvalue weighted by atomic mass is 9.84. The molecule has 0 N–H and O–H groups in total. The maximum absolute atomic E-state index is 6.05. The second-order valence-corrected chi connectivity index (χ2v) is 21.2. The number of hydrogen-bond acceptors (Lipinski definition) is 6. The Morgan fingerprint density at radius 3 is 1.09 bits per heavy atom. The van der Waals surface area contributed by atoms with Crippen LogP contribution in [0.1, 0.15) is 89.2 Å². The van der Waals surface area contributed by atoms with Crippen molar-refractivity contribution >= 4 is 55.7 Å². The molecule has 382 valence electrons. The largest absolute Gasteiger partial charge is 0.381 e. The second kappa shape index (κ2) is 24.8. The van der Waals surface area contributed by atoms with Crippen LogP contribution >= 0.6 is 0 Å². The molecular formula is C68H76N2O4. The van der Waals surface area contributed by atoms with E-state index in [1.807, 2.05) is 0 Å². The highest BCUT2D eigenvalue weighted by molar-refractivity contribution is 6.00. The molecule has 0 spiro atoms. The summed E-state index contributed by atoms with van der Waals surface area (Å²) in [6, 6.07) is 67.3. The van der Waals surface area contributed by atoms with Gasteiger partial charge in [-0.2, -0.15) is 0 Å². The lowest BCUT2D eigenvalue weighted by molar-refractivity contribution is -0.150. The first kappa shape index (κ1) is 51.2. The molecule has 6 heteroatoms. The Balaban J connectivity index is 0.810. The second-order valence-electron chi connectivity index (χ2n) is 21.2. The van der Waals surface area contributed by atoms with Crippen molar-refractivity contribution in [2.24, 2.45) is 10.8 Å². The van der Waals surface area contributed by atoms with E-state index in [4.69, 9.17) is 18.9 Å². The predicted octanol–water partition coefficient (Wildman–Crippen LogP) is 17.7. The fourth-order valence-corrected chi connectivity index (χ4v) is 10.8. The third-order valence-corrected chi connectivity index (χ3v) is 15.9. The van der Waals surface area contributed by atoms with Crippen LogP contribution in [-0.2, 0) is 31.8 Å². The fourth-order valence-electron chi connectivity index (χ4n) is 10.8. The molecule has 0 amide bonds. The summed E-state index contributed by atoms with van der Waals surface area (Å²) < 4.78 is 23.0. The number of aryl methyl sites for hydroxylation is 2. The molecule has 0 aliphatic carbocycles. The third kappa shape index (κ3) is 12.3. The van der Waals surface area contributed by atoms with Gasteiger partial charge in [0.15, 0.2) is 0 Å². The van der Waals surface area contributed by atoms with E-state index in [1.165, 1.54) is 93.7 Å². The SMILES string of the molecule is CCC1(COCCCCCCc2ccc(N(c3ccc(-c4ccc(N(c5ccc(CCCCCCOCC6(CC)COC6)cc5)c5cccc6ccccc56)cc4)cc3)c3cccc4ccccc34)cc2)COC1. The molecule has 2 aliphatic rings. The van der Waals surface area contributed by atoms with Crippen LogP contribution in [0.2, 0.25) is 0 Å². The van der Waals surface area contributed by atoms with E-state index in [0.29, 0.717) is 0 Å². The average molecular weight is 985 g/mol. The Labute approximate surface area is 441 Å². The summed E-state index contributed by atoms with van der Waals surface area (Å²) in [5.74, 6) is 0. The van der Waals surface area contributed by atoms with Crippen molar-refractivity contribution in [3.8, 4) is 11.1 Å². The molecule has 2 aliphatic heterocycles. The summed E-state index contributed by atoms with van der Waals surface area (Å²) in [5.41, 5.74) is 12.6. The Bertz CT molecular complexity index is 2770. The number of ether oxygens (including phenoxy) is 4. The van der Waals surface area contributed by atoms with Gasteiger partial charge in [0.25, 0.3) is 0 Å².